The van der Waals surface area contributed by atoms with E-state index in [1.54, 1.807) is 24.3 Å². The average Bonchev–Trinajstić information content (AvgIpc) is 2.70. The molecule has 1 heterocycles. The fourth-order valence-electron chi connectivity index (χ4n) is 2.88. The van der Waals surface area contributed by atoms with E-state index in [0.29, 0.717) is 42.5 Å². The summed E-state index contributed by atoms with van der Waals surface area (Å²) < 4.78 is 4.75. The minimum absolute atomic E-state index is 0.0701. The molecule has 29 heavy (non-hydrogen) atoms. The van der Waals surface area contributed by atoms with E-state index < -0.39 is 12.0 Å². The molecule has 0 saturated heterocycles. The number of methoxy groups -OCH3 is 1. The first-order chi connectivity index (χ1) is 13.9. The number of aryl methyl sites for hydroxylation is 1. The van der Waals surface area contributed by atoms with Crippen LogP contribution in [-0.4, -0.2) is 47.4 Å². The van der Waals surface area contributed by atoms with Gasteiger partial charge in [0.05, 0.1) is 18.0 Å². The third-order valence-electron chi connectivity index (χ3n) is 4.37. The second-order valence-electron chi connectivity index (χ2n) is 6.65. The molecule has 1 aromatic carbocycles. The Morgan fingerprint density at radius 3 is 2.69 bits per heavy atom. The Morgan fingerprint density at radius 1 is 1.21 bits per heavy atom. The van der Waals surface area contributed by atoms with Gasteiger partial charge in [-0.05, 0) is 31.4 Å². The first kappa shape index (κ1) is 22.1. The number of ether oxygens (including phenoxy) is 1. The molecular formula is C20H26N4O5. The number of aromatic amines is 1. The van der Waals surface area contributed by atoms with Crippen LogP contribution in [0.1, 0.15) is 38.4 Å². The van der Waals surface area contributed by atoms with E-state index in [4.69, 9.17) is 4.74 Å². The zero-order valence-corrected chi connectivity index (χ0v) is 16.6. The molecule has 3 N–H and O–H groups in total. The van der Waals surface area contributed by atoms with Gasteiger partial charge in [-0.15, -0.1) is 0 Å². The van der Waals surface area contributed by atoms with E-state index in [0.717, 1.165) is 0 Å². The topological polar surface area (TPSA) is 130 Å². The van der Waals surface area contributed by atoms with Crippen molar-refractivity contribution in [1.82, 2.24) is 20.6 Å². The number of nitrogens with zero attached hydrogens (tertiary/aromatic N) is 1. The number of amides is 2. The molecule has 1 aromatic heterocycles. The second-order valence-corrected chi connectivity index (χ2v) is 6.65. The van der Waals surface area contributed by atoms with E-state index in [1.807, 2.05) is 0 Å². The maximum atomic E-state index is 12.3. The molecule has 9 heteroatoms. The number of benzene rings is 1. The Balaban J connectivity index is 1.88. The summed E-state index contributed by atoms with van der Waals surface area (Å²) in [5.41, 5.74) is 0.316. The molecule has 2 aromatic rings. The van der Waals surface area contributed by atoms with Gasteiger partial charge in [0.15, 0.2) is 0 Å². The van der Waals surface area contributed by atoms with Gasteiger partial charge in [0.1, 0.15) is 11.9 Å². The van der Waals surface area contributed by atoms with Crippen LogP contribution in [0.5, 0.6) is 0 Å². The lowest BCUT2D eigenvalue weighted by atomic mass is 10.1. The lowest BCUT2D eigenvalue weighted by Crippen LogP contribution is -2.41. The summed E-state index contributed by atoms with van der Waals surface area (Å²) in [5.74, 6) is -0.551. The number of para-hydroxylation sites is 1. The number of nitrogens with one attached hydrogen (secondary N) is 3. The Kier molecular flexibility index (Phi) is 8.32. The van der Waals surface area contributed by atoms with Gasteiger partial charge >= 0.3 is 5.97 Å². The minimum atomic E-state index is -0.756. The summed E-state index contributed by atoms with van der Waals surface area (Å²) in [6, 6.07) is 6.22. The zero-order chi connectivity index (χ0) is 21.2. The van der Waals surface area contributed by atoms with Gasteiger partial charge in [-0.1, -0.05) is 12.1 Å². The SMILES string of the molecule is COC(=O)[C@H](CCCCNC(C)=O)NC(=O)CCc1nc2ccccc2c(=O)[nH]1. The molecule has 0 aliphatic rings. The summed E-state index contributed by atoms with van der Waals surface area (Å²) >= 11 is 0. The quantitative estimate of drug-likeness (QED) is 0.398. The molecule has 0 aliphatic heterocycles. The third-order valence-corrected chi connectivity index (χ3v) is 4.37. The average molecular weight is 402 g/mol. The standard InChI is InChI=1S/C20H26N4O5/c1-13(25)21-12-6-5-9-16(20(28)29-2)23-18(26)11-10-17-22-15-8-4-3-7-14(15)19(27)24-17/h3-4,7-8,16H,5-6,9-12H2,1-2H3,(H,21,25)(H,23,26)(H,22,24,27)/t16-/m0/s1. The third kappa shape index (κ3) is 7.02. The monoisotopic (exact) mass is 402 g/mol. The maximum Gasteiger partial charge on any atom is 0.328 e. The van der Waals surface area contributed by atoms with E-state index in [2.05, 4.69) is 20.6 Å². The largest absolute Gasteiger partial charge is 0.467 e. The molecule has 0 radical (unpaired) electrons. The highest BCUT2D eigenvalue weighted by atomic mass is 16.5. The van der Waals surface area contributed by atoms with Crippen LogP contribution < -0.4 is 16.2 Å². The van der Waals surface area contributed by atoms with Gasteiger partial charge in [0, 0.05) is 26.3 Å². The van der Waals surface area contributed by atoms with Gasteiger partial charge in [0.25, 0.3) is 5.56 Å². The molecule has 2 amide bonds. The predicted molar refractivity (Wildman–Crippen MR) is 107 cm³/mol. The van der Waals surface area contributed by atoms with Crippen LogP contribution in [0, 0.1) is 0 Å². The smallest absolute Gasteiger partial charge is 0.328 e. The summed E-state index contributed by atoms with van der Waals surface area (Å²) in [7, 11) is 1.27. The van der Waals surface area contributed by atoms with Crippen molar-refractivity contribution in [1.29, 1.82) is 0 Å². The molecule has 0 saturated carbocycles. The van der Waals surface area contributed by atoms with E-state index >= 15 is 0 Å². The number of esters is 1. The summed E-state index contributed by atoms with van der Waals surface area (Å²) in [6.07, 6.45) is 2.04. The first-order valence-electron chi connectivity index (χ1n) is 9.50. The molecule has 0 fully saturated rings. The lowest BCUT2D eigenvalue weighted by Gasteiger charge is -2.16. The van der Waals surface area contributed by atoms with Gasteiger partial charge in [-0.3, -0.25) is 14.4 Å². The van der Waals surface area contributed by atoms with Crippen molar-refractivity contribution in [2.75, 3.05) is 13.7 Å². The molecule has 0 bridgehead atoms. The summed E-state index contributed by atoms with van der Waals surface area (Å²) in [6.45, 7) is 1.95. The van der Waals surface area contributed by atoms with Crippen LogP contribution in [0.15, 0.2) is 29.1 Å². The Morgan fingerprint density at radius 2 is 1.97 bits per heavy atom. The highest BCUT2D eigenvalue weighted by molar-refractivity contribution is 5.84. The van der Waals surface area contributed by atoms with Crippen molar-refractivity contribution in [3.8, 4) is 0 Å². The zero-order valence-electron chi connectivity index (χ0n) is 16.6. The highest BCUT2D eigenvalue weighted by Crippen LogP contribution is 2.07. The van der Waals surface area contributed by atoms with Crippen molar-refractivity contribution < 1.29 is 19.1 Å². The van der Waals surface area contributed by atoms with Crippen molar-refractivity contribution in [2.24, 2.45) is 0 Å². The minimum Gasteiger partial charge on any atom is -0.467 e. The van der Waals surface area contributed by atoms with Crippen LogP contribution >= 0.6 is 0 Å². The molecule has 1 atom stereocenters. The van der Waals surface area contributed by atoms with Crippen LogP contribution in [-0.2, 0) is 25.5 Å². The number of hydrogen-bond donors (Lipinski definition) is 3. The predicted octanol–water partition coefficient (Wildman–Crippen LogP) is 0.820. The Hall–Kier alpha value is -3.23. The van der Waals surface area contributed by atoms with Crippen LogP contribution in [0.2, 0.25) is 0 Å². The normalized spacial score (nSPS) is 11.7. The fraction of sp³-hybridized carbons (Fsp3) is 0.450. The molecular weight excluding hydrogens is 376 g/mol. The van der Waals surface area contributed by atoms with Crippen molar-refractivity contribution in [2.45, 2.75) is 45.1 Å². The second kappa shape index (κ2) is 10.9. The van der Waals surface area contributed by atoms with Crippen molar-refractivity contribution >= 4 is 28.7 Å². The number of carbonyl (C=O) groups excluding carboxylic acids is 3. The van der Waals surface area contributed by atoms with E-state index in [1.165, 1.54) is 14.0 Å². The van der Waals surface area contributed by atoms with Gasteiger partial charge in [0.2, 0.25) is 11.8 Å². The lowest BCUT2D eigenvalue weighted by molar-refractivity contribution is -0.145. The number of unbranched alkanes of at least 4 members (excludes halogenated alkanes) is 1. The van der Waals surface area contributed by atoms with E-state index in [-0.39, 0.29) is 30.2 Å². The molecule has 0 aliphatic carbocycles. The first-order valence-corrected chi connectivity index (χ1v) is 9.50. The van der Waals surface area contributed by atoms with Crippen LogP contribution in [0.4, 0.5) is 0 Å². The van der Waals surface area contributed by atoms with Crippen molar-refractivity contribution in [3.05, 3.63) is 40.4 Å². The van der Waals surface area contributed by atoms with Crippen molar-refractivity contribution in [3.63, 3.8) is 0 Å². The number of carbonyl (C=O) groups is 3. The summed E-state index contributed by atoms with van der Waals surface area (Å²) in [5, 5.41) is 5.84. The number of hydrogen-bond acceptors (Lipinski definition) is 6. The van der Waals surface area contributed by atoms with Gasteiger partial charge < -0.3 is 20.4 Å². The van der Waals surface area contributed by atoms with E-state index in [9.17, 15) is 19.2 Å². The Labute approximate surface area is 168 Å². The molecule has 9 nitrogen and oxygen atoms in total. The summed E-state index contributed by atoms with van der Waals surface area (Å²) in [4.78, 5) is 54.2. The van der Waals surface area contributed by atoms with Gasteiger partial charge in [-0.25, -0.2) is 9.78 Å². The number of rotatable bonds is 10. The fourth-order valence-corrected chi connectivity index (χ4v) is 2.88. The number of fused-ring (bicyclic) bond motifs is 1. The van der Waals surface area contributed by atoms with Crippen LogP contribution in [0.3, 0.4) is 0 Å². The van der Waals surface area contributed by atoms with Gasteiger partial charge in [-0.2, -0.15) is 0 Å². The Bertz CT molecular complexity index is 924. The highest BCUT2D eigenvalue weighted by Gasteiger charge is 2.21. The number of H-pyrrole nitrogens is 1. The molecule has 2 rings (SSSR count). The molecule has 156 valence electrons. The molecule has 0 unspecified atom stereocenters. The van der Waals surface area contributed by atoms with Crippen LogP contribution in [0.25, 0.3) is 10.9 Å². The maximum absolute atomic E-state index is 12.3. The number of aromatic nitrogens is 2. The molecule has 0 spiro atoms.